The number of aromatic amines is 1. The number of H-pyrrole nitrogens is 1. The topological polar surface area (TPSA) is 70.9 Å². The minimum absolute atomic E-state index is 0.0636. The Bertz CT molecular complexity index is 575. The van der Waals surface area contributed by atoms with Gasteiger partial charge in [0.2, 0.25) is 5.91 Å². The van der Waals surface area contributed by atoms with E-state index in [1.807, 2.05) is 24.4 Å². The molecule has 2 unspecified atom stereocenters. The Hall–Kier alpha value is -1.81. The summed E-state index contributed by atoms with van der Waals surface area (Å²) < 4.78 is 0. The molecule has 1 aliphatic rings. The van der Waals surface area contributed by atoms with Gasteiger partial charge < -0.3 is 16.0 Å². The molecule has 2 atom stereocenters. The molecule has 4 heteroatoms. The molecule has 0 spiro atoms. The molecule has 3 rings (SSSR count). The number of nitrogens with one attached hydrogen (secondary N) is 2. The highest BCUT2D eigenvalue weighted by Crippen LogP contribution is 2.33. The molecule has 1 aliphatic heterocycles. The number of amides is 1. The molecule has 1 saturated heterocycles. The SMILES string of the molecule is NCCC1CC(c2c[nH]c3ccccc23)NC1=O. The van der Waals surface area contributed by atoms with Gasteiger partial charge in [0.15, 0.2) is 0 Å². The summed E-state index contributed by atoms with van der Waals surface area (Å²) >= 11 is 0. The van der Waals surface area contributed by atoms with Crippen LogP contribution < -0.4 is 11.1 Å². The van der Waals surface area contributed by atoms with E-state index in [0.717, 1.165) is 18.4 Å². The summed E-state index contributed by atoms with van der Waals surface area (Å²) in [5.74, 6) is 0.199. The van der Waals surface area contributed by atoms with Crippen molar-refractivity contribution in [3.05, 3.63) is 36.0 Å². The predicted molar refractivity (Wildman–Crippen MR) is 71.0 cm³/mol. The normalized spacial score (nSPS) is 23.5. The van der Waals surface area contributed by atoms with E-state index < -0.39 is 0 Å². The number of hydrogen-bond donors (Lipinski definition) is 3. The van der Waals surface area contributed by atoms with E-state index >= 15 is 0 Å². The lowest BCUT2D eigenvalue weighted by Crippen LogP contribution is -2.22. The van der Waals surface area contributed by atoms with Crippen LogP contribution in [0.5, 0.6) is 0 Å². The zero-order valence-electron chi connectivity index (χ0n) is 10.1. The van der Waals surface area contributed by atoms with Crippen LogP contribution in [0.3, 0.4) is 0 Å². The average molecular weight is 243 g/mol. The second-order valence-electron chi connectivity index (χ2n) is 4.86. The number of benzene rings is 1. The maximum atomic E-state index is 11.8. The summed E-state index contributed by atoms with van der Waals surface area (Å²) in [6, 6.07) is 8.28. The number of hydrogen-bond acceptors (Lipinski definition) is 2. The molecular weight excluding hydrogens is 226 g/mol. The Morgan fingerprint density at radius 2 is 2.17 bits per heavy atom. The van der Waals surface area contributed by atoms with E-state index in [0.29, 0.717) is 6.54 Å². The molecule has 1 aromatic heterocycles. The van der Waals surface area contributed by atoms with Crippen LogP contribution in [0, 0.1) is 5.92 Å². The second kappa shape index (κ2) is 4.46. The number of aromatic nitrogens is 1. The van der Waals surface area contributed by atoms with Crippen LogP contribution in [0.25, 0.3) is 10.9 Å². The molecule has 1 amide bonds. The van der Waals surface area contributed by atoms with Gasteiger partial charge in [-0.05, 0) is 31.0 Å². The lowest BCUT2D eigenvalue weighted by Gasteiger charge is -2.08. The molecule has 1 fully saturated rings. The molecule has 94 valence electrons. The Morgan fingerprint density at radius 3 is 3.00 bits per heavy atom. The first-order valence-electron chi connectivity index (χ1n) is 6.36. The fraction of sp³-hybridized carbons (Fsp3) is 0.357. The van der Waals surface area contributed by atoms with Gasteiger partial charge in [0.1, 0.15) is 0 Å². The van der Waals surface area contributed by atoms with Gasteiger partial charge in [0.05, 0.1) is 6.04 Å². The molecule has 2 heterocycles. The van der Waals surface area contributed by atoms with Crippen molar-refractivity contribution in [1.29, 1.82) is 0 Å². The van der Waals surface area contributed by atoms with Crippen molar-refractivity contribution in [3.8, 4) is 0 Å². The first-order chi connectivity index (χ1) is 8.79. The fourth-order valence-electron chi connectivity index (χ4n) is 2.78. The third-order valence-electron chi connectivity index (χ3n) is 3.72. The van der Waals surface area contributed by atoms with Crippen molar-refractivity contribution in [3.63, 3.8) is 0 Å². The quantitative estimate of drug-likeness (QED) is 0.767. The van der Waals surface area contributed by atoms with Crippen LogP contribution in [-0.4, -0.2) is 17.4 Å². The Labute approximate surface area is 106 Å². The van der Waals surface area contributed by atoms with Gasteiger partial charge in [-0.25, -0.2) is 0 Å². The van der Waals surface area contributed by atoms with E-state index in [2.05, 4.69) is 16.4 Å². The zero-order valence-corrected chi connectivity index (χ0v) is 10.1. The summed E-state index contributed by atoms with van der Waals surface area (Å²) in [5, 5.41) is 4.26. The van der Waals surface area contributed by atoms with Crippen LogP contribution >= 0.6 is 0 Å². The van der Waals surface area contributed by atoms with E-state index in [9.17, 15) is 4.79 Å². The molecule has 4 nitrogen and oxygen atoms in total. The fourth-order valence-corrected chi connectivity index (χ4v) is 2.78. The van der Waals surface area contributed by atoms with Crippen LogP contribution in [-0.2, 0) is 4.79 Å². The molecule has 4 N–H and O–H groups in total. The van der Waals surface area contributed by atoms with Gasteiger partial charge in [-0.3, -0.25) is 4.79 Å². The maximum Gasteiger partial charge on any atom is 0.223 e. The minimum atomic E-state index is 0.0636. The highest BCUT2D eigenvalue weighted by Gasteiger charge is 2.33. The Kier molecular flexibility index (Phi) is 2.80. The summed E-state index contributed by atoms with van der Waals surface area (Å²) in [4.78, 5) is 15.1. The van der Waals surface area contributed by atoms with Crippen LogP contribution in [0.4, 0.5) is 0 Å². The first kappa shape index (κ1) is 11.3. The van der Waals surface area contributed by atoms with E-state index in [4.69, 9.17) is 5.73 Å². The number of rotatable bonds is 3. The first-order valence-corrected chi connectivity index (χ1v) is 6.36. The van der Waals surface area contributed by atoms with Crippen molar-refractivity contribution in [1.82, 2.24) is 10.3 Å². The molecule has 1 aromatic carbocycles. The van der Waals surface area contributed by atoms with E-state index in [-0.39, 0.29) is 17.9 Å². The summed E-state index contributed by atoms with van der Waals surface area (Å²) in [7, 11) is 0. The highest BCUT2D eigenvalue weighted by atomic mass is 16.2. The van der Waals surface area contributed by atoms with Crippen LogP contribution in [0.2, 0.25) is 0 Å². The number of fused-ring (bicyclic) bond motifs is 1. The van der Waals surface area contributed by atoms with E-state index in [1.54, 1.807) is 0 Å². The molecule has 2 aromatic rings. The largest absolute Gasteiger partial charge is 0.361 e. The number of carbonyl (C=O) groups excluding carboxylic acids is 1. The van der Waals surface area contributed by atoms with Gasteiger partial charge in [-0.1, -0.05) is 18.2 Å². The lowest BCUT2D eigenvalue weighted by atomic mass is 9.97. The molecule has 0 aliphatic carbocycles. The molecule has 0 bridgehead atoms. The average Bonchev–Trinajstić information content (AvgIpc) is 2.94. The second-order valence-corrected chi connectivity index (χ2v) is 4.86. The van der Waals surface area contributed by atoms with Gasteiger partial charge >= 0.3 is 0 Å². The van der Waals surface area contributed by atoms with E-state index in [1.165, 1.54) is 10.9 Å². The number of nitrogens with two attached hydrogens (primary N) is 1. The van der Waals surface area contributed by atoms with Crippen molar-refractivity contribution in [2.24, 2.45) is 11.7 Å². The molecule has 0 radical (unpaired) electrons. The molecule has 0 saturated carbocycles. The van der Waals surface area contributed by atoms with Gasteiger partial charge in [0, 0.05) is 23.0 Å². The zero-order chi connectivity index (χ0) is 12.5. The monoisotopic (exact) mass is 243 g/mol. The highest BCUT2D eigenvalue weighted by molar-refractivity contribution is 5.86. The predicted octanol–water partition coefficient (Wildman–Crippen LogP) is 1.69. The standard InChI is InChI=1S/C14H17N3O/c15-6-5-9-7-13(17-14(9)18)11-8-16-12-4-2-1-3-10(11)12/h1-4,8-9,13,16H,5-7,15H2,(H,17,18). The van der Waals surface area contributed by atoms with Crippen molar-refractivity contribution >= 4 is 16.8 Å². The summed E-state index contributed by atoms with van der Waals surface area (Å²) in [5.41, 5.74) is 7.83. The van der Waals surface area contributed by atoms with Crippen molar-refractivity contribution in [2.45, 2.75) is 18.9 Å². The smallest absolute Gasteiger partial charge is 0.223 e. The van der Waals surface area contributed by atoms with Crippen LogP contribution in [0.15, 0.2) is 30.5 Å². The number of para-hydroxylation sites is 1. The summed E-state index contributed by atoms with van der Waals surface area (Å²) in [6.45, 7) is 0.568. The van der Waals surface area contributed by atoms with Gasteiger partial charge in [-0.15, -0.1) is 0 Å². The molecular formula is C14H17N3O. The maximum absolute atomic E-state index is 11.8. The van der Waals surface area contributed by atoms with Crippen molar-refractivity contribution in [2.75, 3.05) is 6.54 Å². The Balaban J connectivity index is 1.90. The van der Waals surface area contributed by atoms with Gasteiger partial charge in [-0.2, -0.15) is 0 Å². The minimum Gasteiger partial charge on any atom is -0.361 e. The summed E-state index contributed by atoms with van der Waals surface area (Å²) in [6.07, 6.45) is 3.61. The third kappa shape index (κ3) is 1.78. The Morgan fingerprint density at radius 1 is 1.33 bits per heavy atom. The van der Waals surface area contributed by atoms with Gasteiger partial charge in [0.25, 0.3) is 0 Å². The third-order valence-corrected chi connectivity index (χ3v) is 3.72. The van der Waals surface area contributed by atoms with Crippen LogP contribution in [0.1, 0.15) is 24.4 Å². The molecule has 18 heavy (non-hydrogen) atoms. The van der Waals surface area contributed by atoms with Crippen molar-refractivity contribution < 1.29 is 4.79 Å². The number of carbonyl (C=O) groups is 1. The lowest BCUT2D eigenvalue weighted by molar-refractivity contribution is -0.122.